The monoisotopic (exact) mass is 218 g/mol. The minimum absolute atomic E-state index is 0.169. The van der Waals surface area contributed by atoms with E-state index in [-0.39, 0.29) is 5.54 Å². The van der Waals surface area contributed by atoms with E-state index in [2.05, 4.69) is 22.6 Å². The molecule has 15 heavy (non-hydrogen) atoms. The van der Waals surface area contributed by atoms with Crippen LogP contribution in [0.25, 0.3) is 10.1 Å². The largest absolute Gasteiger partial charge is 0.325 e. The predicted octanol–water partition coefficient (Wildman–Crippen LogP) is 2.72. The second-order valence-electron chi connectivity index (χ2n) is 4.56. The molecule has 0 atom stereocenters. The van der Waals surface area contributed by atoms with Crippen LogP contribution >= 0.6 is 11.5 Å². The highest BCUT2D eigenvalue weighted by molar-refractivity contribution is 7.13. The fraction of sp³-hybridized carbons (Fsp3) is 0.417. The van der Waals surface area contributed by atoms with Crippen molar-refractivity contribution in [2.24, 2.45) is 5.73 Å². The van der Waals surface area contributed by atoms with E-state index in [1.807, 2.05) is 6.20 Å². The molecule has 2 N–H and O–H groups in total. The third kappa shape index (κ3) is 1.90. The van der Waals surface area contributed by atoms with Crippen molar-refractivity contribution in [2.75, 3.05) is 0 Å². The quantitative estimate of drug-likeness (QED) is 0.860. The van der Waals surface area contributed by atoms with E-state index >= 15 is 0 Å². The first-order chi connectivity index (χ1) is 7.25. The second-order valence-corrected chi connectivity index (χ2v) is 5.39. The summed E-state index contributed by atoms with van der Waals surface area (Å²) < 4.78 is 5.47. The molecular formula is C12H14N2S. The van der Waals surface area contributed by atoms with Crippen molar-refractivity contribution in [3.05, 3.63) is 30.0 Å². The van der Waals surface area contributed by atoms with Crippen molar-refractivity contribution >= 4 is 21.6 Å². The van der Waals surface area contributed by atoms with E-state index in [1.54, 1.807) is 11.5 Å². The fourth-order valence-corrected chi connectivity index (χ4v) is 2.57. The standard InChI is InChI=1S/C12H14N2S/c13-12(5-6-12)4-3-9-1-2-10-8-14-15-11(10)7-9/h1-2,7-8H,3-6,13H2. The number of nitrogens with zero attached hydrogens (tertiary/aromatic N) is 1. The van der Waals surface area contributed by atoms with Crippen LogP contribution in [-0.2, 0) is 6.42 Å². The van der Waals surface area contributed by atoms with Crippen molar-refractivity contribution in [3.63, 3.8) is 0 Å². The lowest BCUT2D eigenvalue weighted by Gasteiger charge is -2.07. The molecule has 1 heterocycles. The summed E-state index contributed by atoms with van der Waals surface area (Å²) in [5.41, 5.74) is 7.64. The minimum Gasteiger partial charge on any atom is -0.325 e. The SMILES string of the molecule is NC1(CCc2ccc3cnsc3c2)CC1. The molecule has 0 radical (unpaired) electrons. The van der Waals surface area contributed by atoms with E-state index in [1.165, 1.54) is 28.5 Å². The number of nitrogens with two attached hydrogens (primary N) is 1. The lowest BCUT2D eigenvalue weighted by Crippen LogP contribution is -2.21. The summed E-state index contributed by atoms with van der Waals surface area (Å²) >= 11 is 1.57. The van der Waals surface area contributed by atoms with Gasteiger partial charge in [0.05, 0.1) is 4.70 Å². The van der Waals surface area contributed by atoms with E-state index in [4.69, 9.17) is 5.73 Å². The zero-order valence-corrected chi connectivity index (χ0v) is 9.39. The Morgan fingerprint density at radius 3 is 3.07 bits per heavy atom. The molecule has 0 aliphatic heterocycles. The molecule has 1 fully saturated rings. The summed E-state index contributed by atoms with van der Waals surface area (Å²) in [7, 11) is 0. The van der Waals surface area contributed by atoms with Gasteiger partial charge in [-0.2, -0.15) is 4.37 Å². The van der Waals surface area contributed by atoms with Crippen molar-refractivity contribution in [1.29, 1.82) is 0 Å². The molecule has 2 nitrogen and oxygen atoms in total. The van der Waals surface area contributed by atoms with Crippen LogP contribution in [0, 0.1) is 0 Å². The van der Waals surface area contributed by atoms with Gasteiger partial charge in [0.2, 0.25) is 0 Å². The third-order valence-corrected chi connectivity index (χ3v) is 3.99. The Morgan fingerprint density at radius 1 is 1.40 bits per heavy atom. The van der Waals surface area contributed by atoms with Crippen LogP contribution in [0.4, 0.5) is 0 Å². The predicted molar refractivity (Wildman–Crippen MR) is 64.1 cm³/mol. The van der Waals surface area contributed by atoms with Crippen LogP contribution in [0.2, 0.25) is 0 Å². The summed E-state index contributed by atoms with van der Waals surface area (Å²) in [5.74, 6) is 0. The summed E-state index contributed by atoms with van der Waals surface area (Å²) in [4.78, 5) is 0. The third-order valence-electron chi connectivity index (χ3n) is 3.22. The smallest absolute Gasteiger partial charge is 0.0552 e. The van der Waals surface area contributed by atoms with Crippen LogP contribution in [0.3, 0.4) is 0 Å². The molecule has 3 rings (SSSR count). The Labute approximate surface area is 93.3 Å². The molecule has 1 aromatic carbocycles. The van der Waals surface area contributed by atoms with Gasteiger partial charge in [-0.1, -0.05) is 12.1 Å². The fourth-order valence-electron chi connectivity index (χ4n) is 1.86. The molecule has 2 aromatic rings. The maximum atomic E-state index is 6.08. The Hall–Kier alpha value is -0.930. The molecule has 0 saturated heterocycles. The molecule has 0 unspecified atom stereocenters. The topological polar surface area (TPSA) is 38.9 Å². The molecule has 0 amide bonds. The average Bonchev–Trinajstić information content (AvgIpc) is 2.80. The number of rotatable bonds is 3. The number of hydrogen-bond donors (Lipinski definition) is 1. The normalized spacial score (nSPS) is 18.2. The number of hydrogen-bond acceptors (Lipinski definition) is 3. The van der Waals surface area contributed by atoms with Gasteiger partial charge in [0, 0.05) is 17.1 Å². The summed E-state index contributed by atoms with van der Waals surface area (Å²) in [6, 6.07) is 6.60. The van der Waals surface area contributed by atoms with Crippen LogP contribution in [0.15, 0.2) is 24.4 Å². The number of fused-ring (bicyclic) bond motifs is 1. The first kappa shape index (κ1) is 9.31. The average molecular weight is 218 g/mol. The van der Waals surface area contributed by atoms with Gasteiger partial charge in [0.25, 0.3) is 0 Å². The van der Waals surface area contributed by atoms with Gasteiger partial charge >= 0.3 is 0 Å². The van der Waals surface area contributed by atoms with Crippen molar-refractivity contribution in [3.8, 4) is 0 Å². The van der Waals surface area contributed by atoms with Gasteiger partial charge in [0.15, 0.2) is 0 Å². The maximum Gasteiger partial charge on any atom is 0.0552 e. The van der Waals surface area contributed by atoms with E-state index < -0.39 is 0 Å². The molecule has 78 valence electrons. The highest BCUT2D eigenvalue weighted by atomic mass is 32.1. The van der Waals surface area contributed by atoms with Crippen molar-refractivity contribution < 1.29 is 0 Å². The molecule has 3 heteroatoms. The van der Waals surface area contributed by atoms with Crippen molar-refractivity contribution in [2.45, 2.75) is 31.2 Å². The molecule has 1 saturated carbocycles. The Kier molecular flexibility index (Phi) is 2.04. The summed E-state index contributed by atoms with van der Waals surface area (Å²) in [5, 5.41) is 1.25. The number of aryl methyl sites for hydroxylation is 1. The molecule has 1 aliphatic rings. The summed E-state index contributed by atoms with van der Waals surface area (Å²) in [6.45, 7) is 0. The van der Waals surface area contributed by atoms with Gasteiger partial charge in [-0.3, -0.25) is 0 Å². The Bertz CT molecular complexity index is 485. The highest BCUT2D eigenvalue weighted by Gasteiger charge is 2.37. The van der Waals surface area contributed by atoms with Gasteiger partial charge in [-0.15, -0.1) is 0 Å². The van der Waals surface area contributed by atoms with Gasteiger partial charge < -0.3 is 5.73 Å². The highest BCUT2D eigenvalue weighted by Crippen LogP contribution is 2.36. The molecule has 0 spiro atoms. The van der Waals surface area contributed by atoms with Crippen molar-refractivity contribution in [1.82, 2.24) is 4.37 Å². The van der Waals surface area contributed by atoms with Crippen LogP contribution in [-0.4, -0.2) is 9.91 Å². The van der Waals surface area contributed by atoms with Gasteiger partial charge in [0.1, 0.15) is 0 Å². The molecule has 0 bridgehead atoms. The first-order valence-electron chi connectivity index (χ1n) is 5.37. The van der Waals surface area contributed by atoms with Gasteiger partial charge in [-0.25, -0.2) is 0 Å². The summed E-state index contributed by atoms with van der Waals surface area (Å²) in [6.07, 6.45) is 6.56. The van der Waals surface area contributed by atoms with Crippen LogP contribution in [0.5, 0.6) is 0 Å². The number of benzene rings is 1. The Balaban J connectivity index is 1.78. The van der Waals surface area contributed by atoms with E-state index in [0.717, 1.165) is 12.8 Å². The zero-order valence-electron chi connectivity index (χ0n) is 8.57. The number of aromatic nitrogens is 1. The molecule has 1 aliphatic carbocycles. The second kappa shape index (κ2) is 3.29. The maximum absolute atomic E-state index is 6.08. The van der Waals surface area contributed by atoms with Gasteiger partial charge in [-0.05, 0) is 48.8 Å². The Morgan fingerprint density at radius 2 is 2.27 bits per heavy atom. The van der Waals surface area contributed by atoms with E-state index in [9.17, 15) is 0 Å². The van der Waals surface area contributed by atoms with E-state index in [0.29, 0.717) is 0 Å². The first-order valence-corrected chi connectivity index (χ1v) is 6.15. The van der Waals surface area contributed by atoms with Crippen LogP contribution in [0.1, 0.15) is 24.8 Å². The van der Waals surface area contributed by atoms with Crippen LogP contribution < -0.4 is 5.73 Å². The minimum atomic E-state index is 0.169. The molecule has 1 aromatic heterocycles. The lowest BCUT2D eigenvalue weighted by atomic mass is 10.0. The molecular weight excluding hydrogens is 204 g/mol. The lowest BCUT2D eigenvalue weighted by molar-refractivity contribution is 0.609. The zero-order chi connectivity index (χ0) is 10.3.